The summed E-state index contributed by atoms with van der Waals surface area (Å²) in [5, 5.41) is 0. The van der Waals surface area contributed by atoms with Gasteiger partial charge in [0.05, 0.1) is 13.4 Å². The van der Waals surface area contributed by atoms with E-state index in [9.17, 15) is 8.42 Å². The van der Waals surface area contributed by atoms with E-state index in [0.717, 1.165) is 43.8 Å². The van der Waals surface area contributed by atoms with Crippen molar-refractivity contribution in [3.8, 4) is 5.75 Å². The third-order valence-corrected chi connectivity index (χ3v) is 7.75. The van der Waals surface area contributed by atoms with E-state index < -0.39 is 10.0 Å². The Bertz CT molecular complexity index is 748. The Morgan fingerprint density at radius 2 is 1.93 bits per heavy atom. The van der Waals surface area contributed by atoms with E-state index in [2.05, 4.69) is 37.7 Å². The fourth-order valence-corrected chi connectivity index (χ4v) is 5.91. The molecule has 2 fully saturated rings. The molecule has 7 heteroatoms. The predicted octanol–water partition coefficient (Wildman–Crippen LogP) is 3.82. The molecule has 5 nitrogen and oxygen atoms in total. The molecule has 0 amide bonds. The maximum absolute atomic E-state index is 11.4. The zero-order valence-electron chi connectivity index (χ0n) is 17.0. The lowest BCUT2D eigenvalue weighted by Gasteiger charge is -2.29. The summed E-state index contributed by atoms with van der Waals surface area (Å²) in [6.45, 7) is 3.54. The first-order chi connectivity index (χ1) is 13.3. The summed E-state index contributed by atoms with van der Waals surface area (Å²) >= 11 is 3.68. The minimum Gasteiger partial charge on any atom is -0.497 e. The molecule has 1 N–H and O–H groups in total. The van der Waals surface area contributed by atoms with Gasteiger partial charge in [-0.1, -0.05) is 15.9 Å². The largest absolute Gasteiger partial charge is 0.497 e. The van der Waals surface area contributed by atoms with Gasteiger partial charge >= 0.3 is 0 Å². The van der Waals surface area contributed by atoms with Crippen LogP contribution < -0.4 is 9.46 Å². The van der Waals surface area contributed by atoms with Crippen molar-refractivity contribution in [3.63, 3.8) is 0 Å². The number of methoxy groups -OCH3 is 1. The first-order valence-electron chi connectivity index (χ1n) is 10.3. The molecule has 0 radical (unpaired) electrons. The van der Waals surface area contributed by atoms with Crippen LogP contribution >= 0.6 is 15.9 Å². The van der Waals surface area contributed by atoms with Crippen LogP contribution in [0.2, 0.25) is 0 Å². The van der Waals surface area contributed by atoms with Gasteiger partial charge in [0.15, 0.2) is 0 Å². The Labute approximate surface area is 178 Å². The summed E-state index contributed by atoms with van der Waals surface area (Å²) in [5.41, 5.74) is 1.34. The molecule has 1 saturated carbocycles. The summed E-state index contributed by atoms with van der Waals surface area (Å²) in [6.07, 6.45) is 9.08. The number of nitrogens with one attached hydrogen (secondary N) is 1. The molecule has 158 valence electrons. The molecule has 1 aromatic rings. The van der Waals surface area contributed by atoms with Crippen LogP contribution in [0.4, 0.5) is 0 Å². The number of ether oxygens (including phenoxy) is 1. The fraction of sp³-hybridized carbons (Fsp3) is 0.714. The molecule has 0 bridgehead atoms. The van der Waals surface area contributed by atoms with Gasteiger partial charge in [-0.25, -0.2) is 13.1 Å². The number of hydrogen-bond acceptors (Lipinski definition) is 4. The molecule has 1 atom stereocenters. The number of rotatable bonds is 8. The zero-order valence-corrected chi connectivity index (χ0v) is 19.4. The molecule has 2 aliphatic rings. The Morgan fingerprint density at radius 3 is 2.61 bits per heavy atom. The van der Waals surface area contributed by atoms with Crippen LogP contribution in [-0.4, -0.2) is 52.4 Å². The van der Waals surface area contributed by atoms with Crippen molar-refractivity contribution in [1.82, 2.24) is 9.62 Å². The summed E-state index contributed by atoms with van der Waals surface area (Å²) < 4.78 is 32.0. The van der Waals surface area contributed by atoms with E-state index in [1.807, 2.05) is 6.07 Å². The van der Waals surface area contributed by atoms with Crippen molar-refractivity contribution < 1.29 is 13.2 Å². The Morgan fingerprint density at radius 1 is 1.18 bits per heavy atom. The van der Waals surface area contributed by atoms with Gasteiger partial charge in [-0.15, -0.1) is 0 Å². The van der Waals surface area contributed by atoms with Crippen molar-refractivity contribution in [2.45, 2.75) is 51.0 Å². The minimum atomic E-state index is -3.08. The highest BCUT2D eigenvalue weighted by Crippen LogP contribution is 2.30. The van der Waals surface area contributed by atoms with Crippen LogP contribution in [0, 0.1) is 11.8 Å². The van der Waals surface area contributed by atoms with Gasteiger partial charge in [-0.05, 0) is 93.6 Å². The molecule has 1 aliphatic carbocycles. The molecule has 1 saturated heterocycles. The van der Waals surface area contributed by atoms with Gasteiger partial charge < -0.3 is 9.64 Å². The quantitative estimate of drug-likeness (QED) is 0.624. The number of nitrogens with zero attached hydrogens (tertiary/aromatic N) is 1. The number of hydrogen-bond donors (Lipinski definition) is 1. The smallest absolute Gasteiger partial charge is 0.208 e. The second-order valence-corrected chi connectivity index (χ2v) is 11.1. The summed E-state index contributed by atoms with van der Waals surface area (Å²) in [7, 11) is -1.36. The predicted molar refractivity (Wildman–Crippen MR) is 117 cm³/mol. The van der Waals surface area contributed by atoms with Crippen LogP contribution in [0.25, 0.3) is 0 Å². The van der Waals surface area contributed by atoms with Crippen molar-refractivity contribution in [2.75, 3.05) is 33.0 Å². The molecule has 0 aromatic heterocycles. The second kappa shape index (κ2) is 9.92. The minimum absolute atomic E-state index is 0.142. The molecule has 0 spiro atoms. The maximum Gasteiger partial charge on any atom is 0.208 e. The van der Waals surface area contributed by atoms with Gasteiger partial charge in [0.25, 0.3) is 0 Å². The molecular weight excluding hydrogens is 440 g/mol. The van der Waals surface area contributed by atoms with Crippen LogP contribution in [0.1, 0.15) is 44.1 Å². The van der Waals surface area contributed by atoms with E-state index in [1.165, 1.54) is 48.8 Å². The Hall–Kier alpha value is -0.630. The molecule has 1 aliphatic heterocycles. The van der Waals surface area contributed by atoms with E-state index >= 15 is 0 Å². The standard InChI is InChI=1S/C21H33BrN2O3S/c1-27-20-7-8-21(22)18(14-20)13-17-10-12-24(15-17)11-9-16-3-5-19(6-4-16)23-28(2,25)26/h7-8,14,16-17,19,23H,3-6,9-13,15H2,1-2H3. The molecular formula is C21H33BrN2O3S. The lowest BCUT2D eigenvalue weighted by Crippen LogP contribution is -2.37. The van der Waals surface area contributed by atoms with E-state index in [-0.39, 0.29) is 6.04 Å². The van der Waals surface area contributed by atoms with Crippen molar-refractivity contribution >= 4 is 26.0 Å². The topological polar surface area (TPSA) is 58.6 Å². The molecule has 1 heterocycles. The highest BCUT2D eigenvalue weighted by atomic mass is 79.9. The number of likely N-dealkylation sites (tertiary alicyclic amines) is 1. The third-order valence-electron chi connectivity index (χ3n) is 6.21. The van der Waals surface area contributed by atoms with Crippen LogP contribution in [0.5, 0.6) is 5.75 Å². The van der Waals surface area contributed by atoms with Gasteiger partial charge in [-0.3, -0.25) is 0 Å². The van der Waals surface area contributed by atoms with Crippen molar-refractivity contribution in [2.24, 2.45) is 11.8 Å². The maximum atomic E-state index is 11.4. The molecule has 1 unspecified atom stereocenters. The Kier molecular flexibility index (Phi) is 7.81. The van der Waals surface area contributed by atoms with Crippen molar-refractivity contribution in [1.29, 1.82) is 0 Å². The lowest BCUT2D eigenvalue weighted by atomic mass is 9.84. The first-order valence-corrected chi connectivity index (χ1v) is 13.0. The second-order valence-electron chi connectivity index (χ2n) is 8.51. The lowest BCUT2D eigenvalue weighted by molar-refractivity contribution is 0.246. The SMILES string of the molecule is COc1ccc(Br)c(CC2CCN(CCC3CCC(NS(C)(=O)=O)CC3)C2)c1. The molecule has 3 rings (SSSR count). The highest BCUT2D eigenvalue weighted by Gasteiger charge is 2.26. The number of benzene rings is 1. The first kappa shape index (κ1) is 22.1. The highest BCUT2D eigenvalue weighted by molar-refractivity contribution is 9.10. The molecule has 1 aromatic carbocycles. The van der Waals surface area contributed by atoms with Gasteiger partial charge in [0.2, 0.25) is 10.0 Å². The molecule has 28 heavy (non-hydrogen) atoms. The normalized spacial score (nSPS) is 26.5. The Balaban J connectivity index is 1.39. The van der Waals surface area contributed by atoms with Gasteiger partial charge in [-0.2, -0.15) is 0 Å². The zero-order chi connectivity index (χ0) is 20.1. The van der Waals surface area contributed by atoms with Crippen LogP contribution in [-0.2, 0) is 16.4 Å². The van der Waals surface area contributed by atoms with Crippen LogP contribution in [0.3, 0.4) is 0 Å². The van der Waals surface area contributed by atoms with Gasteiger partial charge in [0, 0.05) is 17.1 Å². The average molecular weight is 473 g/mol. The van der Waals surface area contributed by atoms with E-state index in [1.54, 1.807) is 7.11 Å². The van der Waals surface area contributed by atoms with E-state index in [4.69, 9.17) is 4.74 Å². The van der Waals surface area contributed by atoms with E-state index in [0.29, 0.717) is 5.92 Å². The van der Waals surface area contributed by atoms with Gasteiger partial charge in [0.1, 0.15) is 5.75 Å². The summed E-state index contributed by atoms with van der Waals surface area (Å²) in [5.74, 6) is 2.37. The summed E-state index contributed by atoms with van der Waals surface area (Å²) in [4.78, 5) is 2.61. The van der Waals surface area contributed by atoms with Crippen LogP contribution in [0.15, 0.2) is 22.7 Å². The summed E-state index contributed by atoms with van der Waals surface area (Å²) in [6, 6.07) is 6.36. The van der Waals surface area contributed by atoms with Crippen molar-refractivity contribution in [3.05, 3.63) is 28.2 Å². The monoisotopic (exact) mass is 472 g/mol. The number of sulfonamides is 1. The fourth-order valence-electron chi connectivity index (χ4n) is 4.66. The third kappa shape index (κ3) is 6.71. The number of halogens is 1. The average Bonchev–Trinajstić information content (AvgIpc) is 3.09.